The molecule has 88 valence electrons. The van der Waals surface area contributed by atoms with Crippen molar-refractivity contribution in [1.29, 1.82) is 0 Å². The zero-order chi connectivity index (χ0) is 11.7. The highest BCUT2D eigenvalue weighted by Gasteiger charge is 2.39. The summed E-state index contributed by atoms with van der Waals surface area (Å²) in [6.07, 6.45) is 2.80. The van der Waals surface area contributed by atoms with E-state index >= 15 is 0 Å². The Morgan fingerprint density at radius 2 is 2.31 bits per heavy atom. The van der Waals surface area contributed by atoms with Gasteiger partial charge in [-0.15, -0.1) is 0 Å². The molecule has 0 radical (unpaired) electrons. The average Bonchev–Trinajstić information content (AvgIpc) is 2.86. The van der Waals surface area contributed by atoms with Gasteiger partial charge in [-0.3, -0.25) is 0 Å². The summed E-state index contributed by atoms with van der Waals surface area (Å²) in [6.45, 7) is 4.21. The van der Waals surface area contributed by atoms with Gasteiger partial charge in [-0.1, -0.05) is 20.3 Å². The number of oxazole rings is 1. The molecule has 1 saturated carbocycles. The van der Waals surface area contributed by atoms with Crippen molar-refractivity contribution in [3.8, 4) is 0 Å². The van der Waals surface area contributed by atoms with Crippen molar-refractivity contribution in [1.82, 2.24) is 4.98 Å². The van der Waals surface area contributed by atoms with E-state index in [1.165, 1.54) is 7.11 Å². The van der Waals surface area contributed by atoms with E-state index in [1.54, 1.807) is 0 Å². The first-order valence-electron chi connectivity index (χ1n) is 5.75. The van der Waals surface area contributed by atoms with Crippen LogP contribution in [0.4, 0.5) is 0 Å². The highest BCUT2D eigenvalue weighted by atomic mass is 16.5. The highest BCUT2D eigenvalue weighted by molar-refractivity contribution is 5.87. The van der Waals surface area contributed by atoms with Crippen molar-refractivity contribution >= 4 is 5.97 Å². The van der Waals surface area contributed by atoms with Crippen LogP contribution in [0.3, 0.4) is 0 Å². The summed E-state index contributed by atoms with van der Waals surface area (Å²) in [5.41, 5.74) is 0.739. The van der Waals surface area contributed by atoms with Crippen molar-refractivity contribution in [3.05, 3.63) is 17.3 Å². The lowest BCUT2D eigenvalue weighted by Gasteiger charge is -1.96. The van der Waals surface area contributed by atoms with E-state index in [9.17, 15) is 4.79 Å². The van der Waals surface area contributed by atoms with Crippen LogP contribution in [0, 0.1) is 5.92 Å². The van der Waals surface area contributed by atoms with Gasteiger partial charge in [0.25, 0.3) is 0 Å². The minimum absolute atomic E-state index is 0.290. The van der Waals surface area contributed by atoms with Gasteiger partial charge < -0.3 is 9.15 Å². The van der Waals surface area contributed by atoms with Gasteiger partial charge in [0.1, 0.15) is 0 Å². The van der Waals surface area contributed by atoms with E-state index in [0.29, 0.717) is 23.5 Å². The SMILES string of the molecule is CCCc1nc(C2CC2C)oc1C(=O)OC. The van der Waals surface area contributed by atoms with Crippen LogP contribution in [0.15, 0.2) is 4.42 Å². The van der Waals surface area contributed by atoms with Crippen LogP contribution in [0.5, 0.6) is 0 Å². The molecule has 0 bridgehead atoms. The molecule has 4 nitrogen and oxygen atoms in total. The lowest BCUT2D eigenvalue weighted by molar-refractivity contribution is 0.0561. The predicted octanol–water partition coefficient (Wildman–Crippen LogP) is 2.54. The maximum absolute atomic E-state index is 11.5. The Morgan fingerprint density at radius 3 is 2.81 bits per heavy atom. The van der Waals surface area contributed by atoms with Crippen molar-refractivity contribution in [2.45, 2.75) is 39.0 Å². The van der Waals surface area contributed by atoms with Crippen LogP contribution in [0.25, 0.3) is 0 Å². The molecular formula is C12H17NO3. The third kappa shape index (κ3) is 1.96. The molecule has 0 spiro atoms. The highest BCUT2D eigenvalue weighted by Crippen LogP contribution is 2.46. The molecular weight excluding hydrogens is 206 g/mol. The molecule has 0 aromatic carbocycles. The van der Waals surface area contributed by atoms with Crippen molar-refractivity contribution in [2.24, 2.45) is 5.92 Å². The van der Waals surface area contributed by atoms with E-state index in [-0.39, 0.29) is 0 Å². The second kappa shape index (κ2) is 4.28. The number of aryl methyl sites for hydroxylation is 1. The number of carbonyl (C=O) groups excluding carboxylic acids is 1. The summed E-state index contributed by atoms with van der Waals surface area (Å²) in [4.78, 5) is 15.9. The van der Waals surface area contributed by atoms with Gasteiger partial charge in [-0.25, -0.2) is 9.78 Å². The predicted molar refractivity (Wildman–Crippen MR) is 58.4 cm³/mol. The van der Waals surface area contributed by atoms with Gasteiger partial charge >= 0.3 is 5.97 Å². The molecule has 1 aliphatic carbocycles. The number of carbonyl (C=O) groups is 1. The number of rotatable bonds is 4. The van der Waals surface area contributed by atoms with Crippen LogP contribution < -0.4 is 0 Å². The molecule has 0 saturated heterocycles. The first-order valence-corrected chi connectivity index (χ1v) is 5.75. The van der Waals surface area contributed by atoms with Gasteiger partial charge in [0.2, 0.25) is 5.76 Å². The Bertz CT molecular complexity index is 397. The Morgan fingerprint density at radius 1 is 1.62 bits per heavy atom. The zero-order valence-electron chi connectivity index (χ0n) is 9.95. The molecule has 1 aromatic heterocycles. The summed E-state index contributed by atoms with van der Waals surface area (Å²) >= 11 is 0. The van der Waals surface area contributed by atoms with Gasteiger partial charge in [-0.2, -0.15) is 0 Å². The maximum Gasteiger partial charge on any atom is 0.375 e. The summed E-state index contributed by atoms with van der Waals surface area (Å²) in [6, 6.07) is 0. The largest absolute Gasteiger partial charge is 0.463 e. The Balaban J connectivity index is 2.26. The minimum atomic E-state index is -0.421. The lowest BCUT2D eigenvalue weighted by Crippen LogP contribution is -2.03. The number of hydrogen-bond acceptors (Lipinski definition) is 4. The van der Waals surface area contributed by atoms with Crippen LogP contribution in [-0.2, 0) is 11.2 Å². The number of esters is 1. The van der Waals surface area contributed by atoms with Gasteiger partial charge in [0, 0.05) is 5.92 Å². The van der Waals surface area contributed by atoms with Crippen molar-refractivity contribution < 1.29 is 13.9 Å². The quantitative estimate of drug-likeness (QED) is 0.736. The number of ether oxygens (including phenoxy) is 1. The number of aromatic nitrogens is 1. The minimum Gasteiger partial charge on any atom is -0.463 e. The zero-order valence-corrected chi connectivity index (χ0v) is 9.95. The van der Waals surface area contributed by atoms with Crippen LogP contribution >= 0.6 is 0 Å². The smallest absolute Gasteiger partial charge is 0.375 e. The van der Waals surface area contributed by atoms with Gasteiger partial charge in [0.15, 0.2) is 5.89 Å². The monoisotopic (exact) mass is 223 g/mol. The van der Waals surface area contributed by atoms with E-state index < -0.39 is 5.97 Å². The molecule has 4 heteroatoms. The fraction of sp³-hybridized carbons (Fsp3) is 0.667. The molecule has 1 heterocycles. The number of hydrogen-bond donors (Lipinski definition) is 0. The lowest BCUT2D eigenvalue weighted by atomic mass is 10.2. The molecule has 16 heavy (non-hydrogen) atoms. The van der Waals surface area contributed by atoms with Crippen molar-refractivity contribution in [3.63, 3.8) is 0 Å². The molecule has 1 aromatic rings. The van der Waals surface area contributed by atoms with E-state index in [4.69, 9.17) is 9.15 Å². The second-order valence-electron chi connectivity index (χ2n) is 4.39. The summed E-state index contributed by atoms with van der Waals surface area (Å²) in [7, 11) is 1.36. The maximum atomic E-state index is 11.5. The third-order valence-corrected chi connectivity index (χ3v) is 3.00. The fourth-order valence-electron chi connectivity index (χ4n) is 1.85. The first kappa shape index (κ1) is 11.2. The standard InChI is InChI=1S/C12H17NO3/c1-4-5-9-10(12(14)15-3)16-11(13-9)8-6-7(8)2/h7-8H,4-6H2,1-3H3. The van der Waals surface area contributed by atoms with Gasteiger partial charge in [-0.05, 0) is 18.8 Å². The summed E-state index contributed by atoms with van der Waals surface area (Å²) < 4.78 is 10.2. The third-order valence-electron chi connectivity index (χ3n) is 3.00. The summed E-state index contributed by atoms with van der Waals surface area (Å²) in [5.74, 6) is 1.60. The van der Waals surface area contributed by atoms with Gasteiger partial charge in [0.05, 0.1) is 12.8 Å². The average molecular weight is 223 g/mol. The molecule has 2 atom stereocenters. The van der Waals surface area contributed by atoms with E-state index in [0.717, 1.165) is 25.0 Å². The molecule has 0 N–H and O–H groups in total. The Labute approximate surface area is 95.0 Å². The number of nitrogens with zero attached hydrogens (tertiary/aromatic N) is 1. The molecule has 1 fully saturated rings. The first-order chi connectivity index (χ1) is 7.67. The number of methoxy groups -OCH3 is 1. The van der Waals surface area contributed by atoms with Crippen LogP contribution in [0.2, 0.25) is 0 Å². The van der Waals surface area contributed by atoms with Crippen LogP contribution in [0.1, 0.15) is 54.7 Å². The second-order valence-corrected chi connectivity index (χ2v) is 4.39. The molecule has 0 aliphatic heterocycles. The Kier molecular flexibility index (Phi) is 2.99. The molecule has 1 aliphatic rings. The molecule has 2 rings (SSSR count). The van der Waals surface area contributed by atoms with Crippen LogP contribution in [-0.4, -0.2) is 18.1 Å². The normalized spacial score (nSPS) is 23.2. The molecule has 0 amide bonds. The fourth-order valence-corrected chi connectivity index (χ4v) is 1.85. The van der Waals surface area contributed by atoms with Crippen molar-refractivity contribution in [2.75, 3.05) is 7.11 Å². The summed E-state index contributed by atoms with van der Waals surface area (Å²) in [5, 5.41) is 0. The van der Waals surface area contributed by atoms with E-state index in [2.05, 4.69) is 18.8 Å². The Hall–Kier alpha value is -1.32. The topological polar surface area (TPSA) is 52.3 Å². The molecule has 2 unspecified atom stereocenters. The van der Waals surface area contributed by atoms with E-state index in [1.807, 2.05) is 0 Å².